The summed E-state index contributed by atoms with van der Waals surface area (Å²) in [5, 5.41) is 8.56. The maximum Gasteiger partial charge on any atom is 0.246 e. The topological polar surface area (TPSA) is 113 Å². The van der Waals surface area contributed by atoms with Gasteiger partial charge in [0.05, 0.1) is 0 Å². The number of rotatable bonds is 9. The van der Waals surface area contributed by atoms with Crippen LogP contribution in [0.1, 0.15) is 45.6 Å². The summed E-state index contributed by atoms with van der Waals surface area (Å²) in [6.07, 6.45) is 1.55. The molecule has 2 atom stereocenters. The van der Waals surface area contributed by atoms with Gasteiger partial charge in [0.1, 0.15) is 5.54 Å². The molecule has 0 bridgehead atoms. The predicted octanol–water partition coefficient (Wildman–Crippen LogP) is 0.874. The van der Waals surface area contributed by atoms with Crippen molar-refractivity contribution < 1.29 is 14.4 Å². The highest BCUT2D eigenvalue weighted by Gasteiger charge is 2.61. The lowest BCUT2D eigenvalue weighted by atomic mass is 10.1. The van der Waals surface area contributed by atoms with Gasteiger partial charge in [0, 0.05) is 37.4 Å². The zero-order valence-corrected chi connectivity index (χ0v) is 17.0. The van der Waals surface area contributed by atoms with Gasteiger partial charge in [-0.1, -0.05) is 30.3 Å². The Morgan fingerprint density at radius 1 is 1.14 bits per heavy atom. The Labute approximate surface area is 166 Å². The Balaban J connectivity index is 1.97. The monoisotopic (exact) mass is 388 g/mol. The quantitative estimate of drug-likeness (QED) is 0.503. The number of aryl methyl sites for hydroxylation is 1. The van der Waals surface area contributed by atoms with Crippen LogP contribution in [0.4, 0.5) is 0 Å². The molecule has 1 aliphatic rings. The van der Waals surface area contributed by atoms with Crippen LogP contribution in [0.5, 0.6) is 0 Å². The summed E-state index contributed by atoms with van der Waals surface area (Å²) >= 11 is 0. The van der Waals surface area contributed by atoms with Crippen LogP contribution in [-0.2, 0) is 20.8 Å². The molecule has 7 nitrogen and oxygen atoms in total. The Hall–Kier alpha value is -2.41. The van der Waals surface area contributed by atoms with Gasteiger partial charge in [-0.05, 0) is 39.2 Å². The van der Waals surface area contributed by atoms with Crippen LogP contribution >= 0.6 is 0 Å². The van der Waals surface area contributed by atoms with Gasteiger partial charge in [-0.15, -0.1) is 0 Å². The maximum atomic E-state index is 12.7. The Morgan fingerprint density at radius 2 is 1.82 bits per heavy atom. The van der Waals surface area contributed by atoms with E-state index in [4.69, 9.17) is 5.73 Å². The fraction of sp³-hybridized carbons (Fsp3) is 0.571. The first-order valence-corrected chi connectivity index (χ1v) is 9.80. The third-order valence-electron chi connectivity index (χ3n) is 4.73. The van der Waals surface area contributed by atoms with E-state index in [1.54, 1.807) is 0 Å². The zero-order chi connectivity index (χ0) is 20.8. The van der Waals surface area contributed by atoms with Crippen molar-refractivity contribution in [2.75, 3.05) is 13.1 Å². The van der Waals surface area contributed by atoms with E-state index in [1.807, 2.05) is 51.1 Å². The summed E-state index contributed by atoms with van der Waals surface area (Å²) in [5.74, 6) is -0.789. The molecule has 1 aliphatic carbocycles. The van der Waals surface area contributed by atoms with Crippen LogP contribution in [0.15, 0.2) is 30.3 Å². The van der Waals surface area contributed by atoms with Gasteiger partial charge in [-0.25, -0.2) is 0 Å². The highest BCUT2D eigenvalue weighted by Crippen LogP contribution is 2.46. The molecule has 28 heavy (non-hydrogen) atoms. The van der Waals surface area contributed by atoms with E-state index in [0.29, 0.717) is 25.9 Å². The largest absolute Gasteiger partial charge is 0.353 e. The number of carbonyl (C=O) groups is 3. The second kappa shape index (κ2) is 9.19. The molecule has 0 spiro atoms. The number of amides is 3. The molecule has 2 rings (SSSR count). The van der Waals surface area contributed by atoms with Crippen molar-refractivity contribution in [2.45, 2.75) is 57.5 Å². The molecule has 0 aromatic heterocycles. The molecule has 1 saturated carbocycles. The molecule has 1 aromatic rings. The number of benzene rings is 1. The van der Waals surface area contributed by atoms with Gasteiger partial charge in [0.2, 0.25) is 17.7 Å². The van der Waals surface area contributed by atoms with Crippen LogP contribution in [-0.4, -0.2) is 41.9 Å². The highest BCUT2D eigenvalue weighted by molar-refractivity contribution is 5.96. The molecule has 0 saturated heterocycles. The van der Waals surface area contributed by atoms with E-state index >= 15 is 0 Å². The fourth-order valence-corrected chi connectivity index (χ4v) is 3.31. The zero-order valence-electron chi connectivity index (χ0n) is 17.0. The molecule has 0 heterocycles. The SMILES string of the molecule is CC(C)(C)NC(=O)CC1CC1(NC(=O)CCc1ccccc1)C(=O)NCCN. The normalized spacial score (nSPS) is 20.9. The van der Waals surface area contributed by atoms with E-state index in [1.165, 1.54) is 0 Å². The number of nitrogens with two attached hydrogens (primary N) is 1. The van der Waals surface area contributed by atoms with E-state index in [0.717, 1.165) is 5.56 Å². The van der Waals surface area contributed by atoms with E-state index in [2.05, 4.69) is 16.0 Å². The minimum absolute atomic E-state index is 0.121. The third-order valence-corrected chi connectivity index (χ3v) is 4.73. The summed E-state index contributed by atoms with van der Waals surface area (Å²) in [7, 11) is 0. The van der Waals surface area contributed by atoms with Crippen molar-refractivity contribution >= 4 is 17.7 Å². The summed E-state index contributed by atoms with van der Waals surface area (Å²) < 4.78 is 0. The first-order valence-electron chi connectivity index (χ1n) is 9.80. The minimum Gasteiger partial charge on any atom is -0.353 e. The van der Waals surface area contributed by atoms with Gasteiger partial charge < -0.3 is 21.7 Å². The van der Waals surface area contributed by atoms with E-state index in [-0.39, 0.29) is 42.0 Å². The maximum absolute atomic E-state index is 12.7. The van der Waals surface area contributed by atoms with Crippen molar-refractivity contribution in [3.8, 4) is 0 Å². The van der Waals surface area contributed by atoms with Gasteiger partial charge in [-0.3, -0.25) is 14.4 Å². The fourth-order valence-electron chi connectivity index (χ4n) is 3.31. The van der Waals surface area contributed by atoms with Crippen molar-refractivity contribution in [2.24, 2.45) is 11.7 Å². The lowest BCUT2D eigenvalue weighted by Crippen LogP contribution is -2.52. The molecule has 0 radical (unpaired) electrons. The summed E-state index contributed by atoms with van der Waals surface area (Å²) in [6, 6.07) is 9.72. The standard InChI is InChI=1S/C21H32N4O3/c1-20(2,3)24-18(27)13-16-14-21(16,19(28)23-12-11-22)25-17(26)10-9-15-7-5-4-6-8-15/h4-8,16H,9-14,22H2,1-3H3,(H,23,28)(H,24,27)(H,25,26). The summed E-state index contributed by atoms with van der Waals surface area (Å²) in [6.45, 7) is 6.37. The summed E-state index contributed by atoms with van der Waals surface area (Å²) in [4.78, 5) is 37.4. The first-order chi connectivity index (χ1) is 13.2. The Morgan fingerprint density at radius 3 is 2.43 bits per heavy atom. The Kier molecular flexibility index (Phi) is 7.18. The predicted molar refractivity (Wildman–Crippen MR) is 108 cm³/mol. The molecule has 7 heteroatoms. The molecule has 3 amide bonds. The van der Waals surface area contributed by atoms with Gasteiger partial charge in [0.15, 0.2) is 0 Å². The van der Waals surface area contributed by atoms with Crippen LogP contribution in [0.25, 0.3) is 0 Å². The van der Waals surface area contributed by atoms with Crippen LogP contribution in [0, 0.1) is 5.92 Å². The molecule has 0 aliphatic heterocycles. The smallest absolute Gasteiger partial charge is 0.246 e. The highest BCUT2D eigenvalue weighted by atomic mass is 16.2. The lowest BCUT2D eigenvalue weighted by molar-refractivity contribution is -0.131. The van der Waals surface area contributed by atoms with Gasteiger partial charge >= 0.3 is 0 Å². The van der Waals surface area contributed by atoms with Crippen molar-refractivity contribution in [3.63, 3.8) is 0 Å². The first kappa shape index (κ1) is 21.9. The van der Waals surface area contributed by atoms with Crippen molar-refractivity contribution in [1.82, 2.24) is 16.0 Å². The second-order valence-electron chi connectivity index (χ2n) is 8.45. The molecule has 1 fully saturated rings. The number of hydrogen-bond donors (Lipinski definition) is 4. The average molecular weight is 389 g/mol. The van der Waals surface area contributed by atoms with Crippen molar-refractivity contribution in [3.05, 3.63) is 35.9 Å². The molecule has 154 valence electrons. The van der Waals surface area contributed by atoms with Crippen LogP contribution in [0.2, 0.25) is 0 Å². The minimum atomic E-state index is -1.02. The van der Waals surface area contributed by atoms with E-state index in [9.17, 15) is 14.4 Å². The molecule has 1 aromatic carbocycles. The third kappa shape index (κ3) is 6.34. The summed E-state index contributed by atoms with van der Waals surface area (Å²) in [5.41, 5.74) is 5.18. The van der Waals surface area contributed by atoms with Crippen molar-refractivity contribution in [1.29, 1.82) is 0 Å². The number of nitrogens with one attached hydrogen (secondary N) is 3. The number of carbonyl (C=O) groups excluding carboxylic acids is 3. The molecule has 2 unspecified atom stereocenters. The molecular formula is C21H32N4O3. The van der Waals surface area contributed by atoms with Crippen LogP contribution < -0.4 is 21.7 Å². The van der Waals surface area contributed by atoms with E-state index < -0.39 is 5.54 Å². The van der Waals surface area contributed by atoms with Gasteiger partial charge in [-0.2, -0.15) is 0 Å². The van der Waals surface area contributed by atoms with Crippen LogP contribution in [0.3, 0.4) is 0 Å². The second-order valence-corrected chi connectivity index (χ2v) is 8.45. The Bertz CT molecular complexity index is 699. The average Bonchev–Trinajstić information content (AvgIpc) is 3.30. The lowest BCUT2D eigenvalue weighted by Gasteiger charge is -2.22. The number of hydrogen-bond acceptors (Lipinski definition) is 4. The van der Waals surface area contributed by atoms with Gasteiger partial charge in [0.25, 0.3) is 0 Å². The molecule has 5 N–H and O–H groups in total. The molecular weight excluding hydrogens is 356 g/mol.